The Labute approximate surface area is 268 Å². The zero-order chi connectivity index (χ0) is 33.4. The van der Waals surface area contributed by atoms with Crippen LogP contribution in [0.15, 0.2) is 46.4 Å². The number of benzene rings is 1. The lowest BCUT2D eigenvalue weighted by atomic mass is 9.86. The predicted octanol–water partition coefficient (Wildman–Crippen LogP) is 4.70. The van der Waals surface area contributed by atoms with Gasteiger partial charge in [-0.3, -0.25) is 9.59 Å². The van der Waals surface area contributed by atoms with Gasteiger partial charge in [0.1, 0.15) is 11.9 Å². The molecular weight excluding hydrogens is 602 g/mol. The molecule has 5 N–H and O–H groups in total. The number of ether oxygens (including phenoxy) is 5. The Morgan fingerprint density at radius 3 is 2.33 bits per heavy atom. The van der Waals surface area contributed by atoms with E-state index in [9.17, 15) is 19.5 Å². The Hall–Kier alpha value is -3.36. The topological polar surface area (TPSA) is 168 Å². The number of amides is 3. The van der Waals surface area contributed by atoms with Crippen LogP contribution in [0.4, 0.5) is 16.2 Å². The van der Waals surface area contributed by atoms with Crippen molar-refractivity contribution in [1.82, 2.24) is 0 Å². The molecular formula is C32H45N3O9S. The number of phenolic OH excluding ortho intramolecular Hbond substituents is 1. The summed E-state index contributed by atoms with van der Waals surface area (Å²) < 4.78 is 28.9. The third-order valence-corrected chi connectivity index (χ3v) is 9.20. The molecule has 1 aromatic rings. The Balaban J connectivity index is 2.22. The van der Waals surface area contributed by atoms with Gasteiger partial charge in [0.2, 0.25) is 5.91 Å². The van der Waals surface area contributed by atoms with Crippen molar-refractivity contribution in [2.45, 2.75) is 69.5 Å². The number of anilines is 2. The van der Waals surface area contributed by atoms with E-state index in [0.717, 1.165) is 0 Å². The second kappa shape index (κ2) is 16.3. The summed E-state index contributed by atoms with van der Waals surface area (Å²) in [5, 5.41) is 17.3. The smallest absolute Gasteiger partial charge is 0.405 e. The minimum absolute atomic E-state index is 0.128. The molecule has 2 bridgehead atoms. The fourth-order valence-corrected chi connectivity index (χ4v) is 6.75. The molecule has 13 heteroatoms. The third-order valence-electron chi connectivity index (χ3n) is 8.08. The molecule has 2 heterocycles. The van der Waals surface area contributed by atoms with E-state index in [1.807, 2.05) is 26.8 Å². The van der Waals surface area contributed by atoms with E-state index in [2.05, 4.69) is 10.6 Å². The van der Waals surface area contributed by atoms with E-state index in [-0.39, 0.29) is 34.9 Å². The Morgan fingerprint density at radius 2 is 1.73 bits per heavy atom. The quantitative estimate of drug-likeness (QED) is 0.200. The lowest BCUT2D eigenvalue weighted by Gasteiger charge is -2.34. The van der Waals surface area contributed by atoms with E-state index in [4.69, 9.17) is 29.4 Å². The fourth-order valence-electron chi connectivity index (χ4n) is 5.85. The summed E-state index contributed by atoms with van der Waals surface area (Å²) in [6.45, 7) is 7.36. The van der Waals surface area contributed by atoms with Crippen LogP contribution in [-0.4, -0.2) is 81.6 Å². The van der Waals surface area contributed by atoms with Gasteiger partial charge in [0.05, 0.1) is 40.3 Å². The van der Waals surface area contributed by atoms with Crippen LogP contribution < -0.4 is 16.4 Å². The first kappa shape index (κ1) is 36.1. The molecule has 12 nitrogen and oxygen atoms in total. The summed E-state index contributed by atoms with van der Waals surface area (Å²) in [4.78, 5) is 38.1. The third kappa shape index (κ3) is 8.67. The molecule has 0 unspecified atom stereocenters. The van der Waals surface area contributed by atoms with E-state index in [1.54, 1.807) is 45.4 Å². The number of aromatic hydroxyl groups is 1. The molecule has 0 saturated heterocycles. The molecule has 1 aromatic carbocycles. The first-order valence-electron chi connectivity index (χ1n) is 14.6. The van der Waals surface area contributed by atoms with Crippen molar-refractivity contribution in [3.05, 3.63) is 47.1 Å². The van der Waals surface area contributed by atoms with Crippen molar-refractivity contribution in [2.24, 2.45) is 17.6 Å². The van der Waals surface area contributed by atoms with Gasteiger partial charge in [-0.25, -0.2) is 4.79 Å². The molecule has 0 radical (unpaired) electrons. The zero-order valence-corrected chi connectivity index (χ0v) is 27.9. The SMILES string of the molecule is CO[C@@H]1[C@H](C)/C=C(\C)[C@H](OC(N)=O)[C@@H](OC)/C=C/C=C(/C)C(=O)Nc2c(O)c(cc3c2SCC(=O)N3)[C@H](OC)[C@H](C)C[C@H]1OC. The number of nitrogens with one attached hydrogen (secondary N) is 2. The number of primary amides is 1. The summed E-state index contributed by atoms with van der Waals surface area (Å²) >= 11 is 1.22. The van der Waals surface area contributed by atoms with Crippen LogP contribution in [0.25, 0.3) is 0 Å². The van der Waals surface area contributed by atoms with Crippen molar-refractivity contribution in [3.63, 3.8) is 0 Å². The highest BCUT2D eigenvalue weighted by Crippen LogP contribution is 2.49. The number of hydrogen-bond acceptors (Lipinski definition) is 10. The molecule has 3 rings (SSSR count). The second-order valence-electron chi connectivity index (χ2n) is 11.3. The first-order chi connectivity index (χ1) is 21.4. The van der Waals surface area contributed by atoms with Gasteiger partial charge < -0.3 is 45.2 Å². The average molecular weight is 648 g/mol. The maximum Gasteiger partial charge on any atom is 0.405 e. The number of allylic oxidation sites excluding steroid dienone is 2. The van der Waals surface area contributed by atoms with Gasteiger partial charge in [0.15, 0.2) is 6.10 Å². The highest BCUT2D eigenvalue weighted by molar-refractivity contribution is 8.00. The fraction of sp³-hybridized carbons (Fsp3) is 0.531. The number of methoxy groups -OCH3 is 4. The van der Waals surface area contributed by atoms with Gasteiger partial charge in [-0.15, -0.1) is 11.8 Å². The molecule has 248 valence electrons. The molecule has 45 heavy (non-hydrogen) atoms. The Kier molecular flexibility index (Phi) is 13.1. The highest BCUT2D eigenvalue weighted by atomic mass is 32.2. The van der Waals surface area contributed by atoms with E-state index in [0.29, 0.717) is 33.7 Å². The normalized spacial score (nSPS) is 31.3. The minimum Gasteiger partial charge on any atom is -0.505 e. The van der Waals surface area contributed by atoms with Gasteiger partial charge in [0.25, 0.3) is 5.91 Å². The van der Waals surface area contributed by atoms with Crippen LogP contribution in [0, 0.1) is 11.8 Å². The lowest BCUT2D eigenvalue weighted by molar-refractivity contribution is -0.114. The maximum absolute atomic E-state index is 13.4. The van der Waals surface area contributed by atoms with Crippen LogP contribution in [0.3, 0.4) is 0 Å². The standard InChI is InChI=1S/C32H45N3O9S/c1-16-10-9-11-22(40-5)29(44-32(33)39)18(3)12-17(2)28(43-8)23(41-6)13-19(4)27(42-7)20-14-21-30(45-15-24(36)34-21)25(26(20)37)35-31(16)38/h9-12,14,17,19,22-23,27-29,37H,13,15H2,1-8H3,(H2,33,39)(H,34,36)(H,35,38)/b11-9+,16-10-,18-12+/t17-,19-,22+,23-,27-,28-,29+/m1/s1. The summed E-state index contributed by atoms with van der Waals surface area (Å²) in [6, 6.07) is 1.69. The zero-order valence-electron chi connectivity index (χ0n) is 27.0. The van der Waals surface area contributed by atoms with Gasteiger partial charge in [0, 0.05) is 45.5 Å². The van der Waals surface area contributed by atoms with Crippen molar-refractivity contribution in [3.8, 4) is 5.75 Å². The van der Waals surface area contributed by atoms with Crippen LogP contribution in [0.2, 0.25) is 0 Å². The minimum atomic E-state index is -0.961. The van der Waals surface area contributed by atoms with Gasteiger partial charge in [-0.2, -0.15) is 0 Å². The predicted molar refractivity (Wildman–Crippen MR) is 172 cm³/mol. The van der Waals surface area contributed by atoms with Crippen LogP contribution in [0.5, 0.6) is 5.75 Å². The van der Waals surface area contributed by atoms with Gasteiger partial charge in [-0.05, 0) is 37.8 Å². The molecule has 2 aliphatic rings. The number of rotatable bonds is 5. The van der Waals surface area contributed by atoms with Crippen molar-refractivity contribution in [1.29, 1.82) is 0 Å². The number of fused-ring (bicyclic) bond motifs is 4. The Morgan fingerprint density at radius 1 is 1.02 bits per heavy atom. The summed E-state index contributed by atoms with van der Waals surface area (Å²) in [6.07, 6.45) is 3.19. The molecule has 7 atom stereocenters. The average Bonchev–Trinajstić information content (AvgIpc) is 2.99. The van der Waals surface area contributed by atoms with E-state index < -0.39 is 42.5 Å². The van der Waals surface area contributed by atoms with Crippen LogP contribution >= 0.6 is 11.8 Å². The molecule has 0 aliphatic carbocycles. The number of hydrogen-bond donors (Lipinski definition) is 4. The number of carbonyl (C=O) groups excluding carboxylic acids is 3. The molecule has 0 aromatic heterocycles. The van der Waals surface area contributed by atoms with Crippen LogP contribution in [0.1, 0.15) is 45.8 Å². The van der Waals surface area contributed by atoms with E-state index >= 15 is 0 Å². The number of thioether (sulfide) groups is 1. The molecule has 3 amide bonds. The Bertz CT molecular complexity index is 1350. The largest absolute Gasteiger partial charge is 0.505 e. The number of phenols is 1. The van der Waals surface area contributed by atoms with Crippen molar-refractivity contribution < 1.29 is 43.2 Å². The first-order valence-corrected chi connectivity index (χ1v) is 15.6. The monoisotopic (exact) mass is 647 g/mol. The van der Waals surface area contributed by atoms with Crippen molar-refractivity contribution in [2.75, 3.05) is 44.8 Å². The lowest BCUT2D eigenvalue weighted by Crippen LogP contribution is -2.38. The molecule has 2 aliphatic heterocycles. The highest BCUT2D eigenvalue weighted by Gasteiger charge is 2.35. The number of nitrogens with two attached hydrogens (primary N) is 1. The van der Waals surface area contributed by atoms with Gasteiger partial charge in [-0.1, -0.05) is 38.2 Å². The number of carbonyl (C=O) groups is 3. The summed E-state index contributed by atoms with van der Waals surface area (Å²) in [7, 11) is 6.21. The van der Waals surface area contributed by atoms with Gasteiger partial charge >= 0.3 is 6.09 Å². The second-order valence-corrected chi connectivity index (χ2v) is 12.2. The maximum atomic E-state index is 13.4. The molecule has 0 fully saturated rings. The summed E-state index contributed by atoms with van der Waals surface area (Å²) in [5.41, 5.74) is 7.47. The summed E-state index contributed by atoms with van der Waals surface area (Å²) in [5.74, 6) is -1.13. The molecule has 0 spiro atoms. The van der Waals surface area contributed by atoms with Crippen molar-refractivity contribution >= 4 is 41.0 Å². The van der Waals surface area contributed by atoms with E-state index in [1.165, 1.54) is 26.0 Å². The van der Waals surface area contributed by atoms with Crippen LogP contribution in [-0.2, 0) is 33.3 Å². The molecule has 0 saturated carbocycles.